The van der Waals surface area contributed by atoms with Crippen LogP contribution in [0.4, 0.5) is 14.6 Å². The SMILES string of the molecule is CCOC(=O)N1CCc2c(sc(NC(=O)c3ccc(S(=O)(=O)N(CC(C)C)CC(C)C)cc3)c2C(=O)NC(=O)NC)C1. The minimum Gasteiger partial charge on any atom is -0.450 e. The van der Waals surface area contributed by atoms with Gasteiger partial charge >= 0.3 is 12.1 Å². The molecule has 0 aliphatic carbocycles. The molecule has 0 radical (unpaired) electrons. The second-order valence-electron chi connectivity index (χ2n) is 10.7. The molecule has 0 spiro atoms. The zero-order valence-electron chi connectivity index (χ0n) is 24.8. The minimum atomic E-state index is -3.77. The molecule has 0 saturated carbocycles. The summed E-state index contributed by atoms with van der Waals surface area (Å²) in [7, 11) is -2.40. The number of sulfonamides is 1. The molecule has 1 aromatic carbocycles. The largest absolute Gasteiger partial charge is 0.450 e. The third kappa shape index (κ3) is 7.86. The quantitative estimate of drug-likeness (QED) is 0.364. The molecule has 1 aromatic heterocycles. The van der Waals surface area contributed by atoms with Crippen LogP contribution in [0.1, 0.15) is 65.8 Å². The summed E-state index contributed by atoms with van der Waals surface area (Å²) >= 11 is 1.13. The fourth-order valence-electron chi connectivity index (χ4n) is 4.52. The molecule has 12 nitrogen and oxygen atoms in total. The number of imide groups is 1. The van der Waals surface area contributed by atoms with E-state index >= 15 is 0 Å². The predicted octanol–water partition coefficient (Wildman–Crippen LogP) is 3.89. The van der Waals surface area contributed by atoms with E-state index in [1.54, 1.807) is 6.92 Å². The van der Waals surface area contributed by atoms with Gasteiger partial charge in [-0.1, -0.05) is 27.7 Å². The van der Waals surface area contributed by atoms with Gasteiger partial charge in [0.05, 0.1) is 23.6 Å². The zero-order chi connectivity index (χ0) is 31.2. The summed E-state index contributed by atoms with van der Waals surface area (Å²) < 4.78 is 33.3. The minimum absolute atomic E-state index is 0.0802. The topological polar surface area (TPSA) is 154 Å². The van der Waals surface area contributed by atoms with Gasteiger partial charge in [-0.3, -0.25) is 14.9 Å². The number of nitrogens with one attached hydrogen (secondary N) is 3. The number of amides is 5. The highest BCUT2D eigenvalue weighted by Crippen LogP contribution is 2.37. The number of nitrogens with zero attached hydrogens (tertiary/aromatic N) is 2. The summed E-state index contributed by atoms with van der Waals surface area (Å²) in [6.07, 6.45) is -0.152. The van der Waals surface area contributed by atoms with Gasteiger partial charge < -0.3 is 20.3 Å². The first kappa shape index (κ1) is 33.0. The van der Waals surface area contributed by atoms with Crippen LogP contribution < -0.4 is 16.0 Å². The lowest BCUT2D eigenvalue weighted by atomic mass is 10.0. The normalized spacial score (nSPS) is 13.2. The summed E-state index contributed by atoms with van der Waals surface area (Å²) in [6.45, 7) is 11.0. The Morgan fingerprint density at radius 3 is 2.19 bits per heavy atom. The second kappa shape index (κ2) is 14.1. The summed E-state index contributed by atoms with van der Waals surface area (Å²) in [4.78, 5) is 52.8. The number of urea groups is 1. The van der Waals surface area contributed by atoms with Crippen LogP contribution in [-0.2, 0) is 27.7 Å². The van der Waals surface area contributed by atoms with Gasteiger partial charge in [0.2, 0.25) is 10.0 Å². The van der Waals surface area contributed by atoms with Crippen LogP contribution in [0.25, 0.3) is 0 Å². The van der Waals surface area contributed by atoms with Gasteiger partial charge in [0.25, 0.3) is 11.8 Å². The van der Waals surface area contributed by atoms with Crippen molar-refractivity contribution >= 4 is 50.3 Å². The van der Waals surface area contributed by atoms with E-state index in [9.17, 15) is 27.6 Å². The Balaban J connectivity index is 1.89. The third-order valence-corrected chi connectivity index (χ3v) is 9.36. The van der Waals surface area contributed by atoms with Gasteiger partial charge in [-0.15, -0.1) is 11.3 Å². The summed E-state index contributed by atoms with van der Waals surface area (Å²) in [5, 5.41) is 7.54. The molecule has 1 aliphatic heterocycles. The number of fused-ring (bicyclic) bond motifs is 1. The van der Waals surface area contributed by atoms with Gasteiger partial charge in [0.1, 0.15) is 5.00 Å². The van der Waals surface area contributed by atoms with E-state index in [-0.39, 0.29) is 46.0 Å². The Kier molecular flexibility index (Phi) is 11.1. The van der Waals surface area contributed by atoms with Crippen molar-refractivity contribution in [3.05, 3.63) is 45.8 Å². The van der Waals surface area contributed by atoms with Crippen molar-refractivity contribution in [2.75, 3.05) is 38.6 Å². The molecule has 3 rings (SSSR count). The van der Waals surface area contributed by atoms with Gasteiger partial charge in [-0.25, -0.2) is 18.0 Å². The van der Waals surface area contributed by atoms with Gasteiger partial charge in [-0.2, -0.15) is 4.31 Å². The molecule has 3 N–H and O–H groups in total. The van der Waals surface area contributed by atoms with E-state index in [2.05, 4.69) is 16.0 Å². The Morgan fingerprint density at radius 2 is 1.64 bits per heavy atom. The lowest BCUT2D eigenvalue weighted by Gasteiger charge is -2.26. The molecule has 0 bridgehead atoms. The Bertz CT molecular complexity index is 1410. The fourth-order valence-corrected chi connectivity index (χ4v) is 7.54. The molecule has 230 valence electrons. The van der Waals surface area contributed by atoms with E-state index in [1.807, 2.05) is 27.7 Å². The van der Waals surface area contributed by atoms with Gasteiger partial charge in [0.15, 0.2) is 0 Å². The van der Waals surface area contributed by atoms with Crippen molar-refractivity contribution in [3.63, 3.8) is 0 Å². The molecule has 1 aliphatic rings. The third-order valence-electron chi connectivity index (χ3n) is 6.38. The predicted molar refractivity (Wildman–Crippen MR) is 160 cm³/mol. The average Bonchev–Trinajstić information content (AvgIpc) is 3.29. The molecule has 0 saturated heterocycles. The number of hydrogen-bond acceptors (Lipinski definition) is 8. The van der Waals surface area contributed by atoms with Crippen LogP contribution in [0.2, 0.25) is 0 Å². The maximum atomic E-state index is 13.3. The van der Waals surface area contributed by atoms with Crippen LogP contribution in [0.5, 0.6) is 0 Å². The molecule has 0 atom stereocenters. The van der Waals surface area contributed by atoms with Gasteiger partial charge in [-0.05, 0) is 55.0 Å². The number of ether oxygens (including phenoxy) is 1. The Hall–Kier alpha value is -3.49. The van der Waals surface area contributed by atoms with E-state index < -0.39 is 34.0 Å². The van der Waals surface area contributed by atoms with Gasteiger partial charge in [0, 0.05) is 37.1 Å². The maximum Gasteiger partial charge on any atom is 0.410 e. The Labute approximate surface area is 250 Å². The number of carbonyl (C=O) groups is 4. The summed E-state index contributed by atoms with van der Waals surface area (Å²) in [6, 6.07) is 4.93. The number of thiophene rings is 1. The van der Waals surface area contributed by atoms with E-state index in [0.717, 1.165) is 11.3 Å². The highest BCUT2D eigenvalue weighted by Gasteiger charge is 2.32. The number of benzene rings is 1. The summed E-state index contributed by atoms with van der Waals surface area (Å²) in [5.41, 5.74) is 0.965. The molecule has 2 heterocycles. The molecule has 14 heteroatoms. The van der Waals surface area contributed by atoms with Crippen molar-refractivity contribution in [1.29, 1.82) is 0 Å². The molecule has 42 heavy (non-hydrogen) atoms. The molecule has 0 unspecified atom stereocenters. The van der Waals surface area contributed by atoms with Crippen molar-refractivity contribution < 1.29 is 32.3 Å². The number of hydrogen-bond donors (Lipinski definition) is 3. The maximum absolute atomic E-state index is 13.3. The Morgan fingerprint density at radius 1 is 1.02 bits per heavy atom. The van der Waals surface area contributed by atoms with Crippen molar-refractivity contribution in [2.45, 2.75) is 52.5 Å². The zero-order valence-corrected chi connectivity index (χ0v) is 26.4. The molecular formula is C28H39N5O7S2. The van der Waals surface area contributed by atoms with Crippen LogP contribution in [-0.4, -0.2) is 74.9 Å². The highest BCUT2D eigenvalue weighted by molar-refractivity contribution is 7.89. The lowest BCUT2D eigenvalue weighted by molar-refractivity contribution is 0.0963. The first-order valence-electron chi connectivity index (χ1n) is 13.8. The second-order valence-corrected chi connectivity index (χ2v) is 13.7. The molecule has 5 amide bonds. The average molecular weight is 622 g/mol. The van der Waals surface area contributed by atoms with Crippen LogP contribution in [0.3, 0.4) is 0 Å². The first-order valence-corrected chi connectivity index (χ1v) is 16.0. The fraction of sp³-hybridized carbons (Fsp3) is 0.500. The number of carbonyl (C=O) groups excluding carboxylic acids is 4. The van der Waals surface area contributed by atoms with Crippen molar-refractivity contribution in [2.24, 2.45) is 11.8 Å². The lowest BCUT2D eigenvalue weighted by Crippen LogP contribution is -2.39. The van der Waals surface area contributed by atoms with Crippen molar-refractivity contribution in [3.8, 4) is 0 Å². The van der Waals surface area contributed by atoms with Crippen LogP contribution in [0, 0.1) is 11.8 Å². The van der Waals surface area contributed by atoms with E-state index in [4.69, 9.17) is 4.74 Å². The smallest absolute Gasteiger partial charge is 0.410 e. The number of rotatable bonds is 10. The first-order chi connectivity index (χ1) is 19.8. The molecule has 2 aromatic rings. The molecular weight excluding hydrogens is 582 g/mol. The van der Waals surface area contributed by atoms with E-state index in [1.165, 1.54) is 40.5 Å². The highest BCUT2D eigenvalue weighted by atomic mass is 32.2. The standard InChI is InChI=1S/C28H39N5O7S2/c1-7-40-28(37)32-13-12-21-22(16-32)41-26(23(21)25(35)31-27(36)29-6)30-24(34)19-8-10-20(11-9-19)42(38,39)33(14-17(2)3)15-18(4)5/h8-11,17-18H,7,12-16H2,1-6H3,(H,30,34)(H2,29,31,35,36). The number of anilines is 1. The van der Waals surface area contributed by atoms with Crippen LogP contribution in [0.15, 0.2) is 29.2 Å². The van der Waals surface area contributed by atoms with E-state index in [0.29, 0.717) is 36.5 Å². The van der Waals surface area contributed by atoms with Crippen LogP contribution >= 0.6 is 11.3 Å². The molecule has 0 fully saturated rings. The summed E-state index contributed by atoms with van der Waals surface area (Å²) in [5.74, 6) is -0.975. The monoisotopic (exact) mass is 621 g/mol. The van der Waals surface area contributed by atoms with Crippen molar-refractivity contribution in [1.82, 2.24) is 19.8 Å².